The van der Waals surface area contributed by atoms with Crippen LogP contribution in [0.2, 0.25) is 0 Å². The van der Waals surface area contributed by atoms with E-state index in [9.17, 15) is 0 Å². The minimum Gasteiger partial charge on any atom is -0.494 e. The van der Waals surface area contributed by atoms with Crippen LogP contribution in [0.1, 0.15) is 31.7 Å². The van der Waals surface area contributed by atoms with Gasteiger partial charge in [0.25, 0.3) is 0 Å². The third-order valence-corrected chi connectivity index (χ3v) is 4.30. The summed E-state index contributed by atoms with van der Waals surface area (Å²) in [6.07, 6.45) is 3.30. The monoisotopic (exact) mass is 278 g/mol. The second-order valence-electron chi connectivity index (χ2n) is 4.89. The number of rotatable bonds is 7. The first-order valence-corrected chi connectivity index (χ1v) is 7.77. The molecule has 1 heterocycles. The second-order valence-corrected chi connectivity index (χ2v) is 6.01. The third-order valence-electron chi connectivity index (χ3n) is 3.23. The zero-order valence-electron chi connectivity index (χ0n) is 11.7. The molecule has 0 aliphatic heterocycles. The van der Waals surface area contributed by atoms with Crippen molar-refractivity contribution in [3.63, 3.8) is 0 Å². The Morgan fingerprint density at radius 3 is 2.95 bits per heavy atom. The molecule has 0 fully saturated rings. The Labute approximate surface area is 118 Å². The summed E-state index contributed by atoms with van der Waals surface area (Å²) in [5.41, 5.74) is 6.66. The molecule has 1 unspecified atom stereocenters. The molecule has 3 nitrogen and oxygen atoms in total. The standard InChI is InChI=1S/C15H22N2OS/c1-3-18-12-5-6-13-14(10-12)19-15(17-13)7-4-11(2)8-9-16/h5-6,10-11H,3-4,7-9,16H2,1-2H3. The lowest BCUT2D eigenvalue weighted by Crippen LogP contribution is -2.06. The van der Waals surface area contributed by atoms with Crippen molar-refractivity contribution in [1.82, 2.24) is 4.98 Å². The van der Waals surface area contributed by atoms with Crippen molar-refractivity contribution >= 4 is 21.6 Å². The zero-order valence-corrected chi connectivity index (χ0v) is 12.5. The molecule has 4 heteroatoms. The van der Waals surface area contributed by atoms with Crippen molar-refractivity contribution in [3.05, 3.63) is 23.2 Å². The zero-order chi connectivity index (χ0) is 13.7. The van der Waals surface area contributed by atoms with Crippen molar-refractivity contribution in [2.45, 2.75) is 33.1 Å². The molecule has 0 aliphatic rings. The van der Waals surface area contributed by atoms with E-state index in [2.05, 4.69) is 18.0 Å². The van der Waals surface area contributed by atoms with Crippen LogP contribution in [0.3, 0.4) is 0 Å². The minimum atomic E-state index is 0.677. The van der Waals surface area contributed by atoms with Crippen LogP contribution in [0.25, 0.3) is 10.2 Å². The maximum atomic E-state index is 5.58. The number of aryl methyl sites for hydroxylation is 1. The Morgan fingerprint density at radius 1 is 1.37 bits per heavy atom. The summed E-state index contributed by atoms with van der Waals surface area (Å²) in [5.74, 6) is 1.61. The number of aromatic nitrogens is 1. The lowest BCUT2D eigenvalue weighted by molar-refractivity contribution is 0.341. The molecule has 104 valence electrons. The minimum absolute atomic E-state index is 0.677. The Balaban J connectivity index is 2.04. The molecule has 0 spiro atoms. The Hall–Kier alpha value is -1.13. The van der Waals surface area contributed by atoms with Crippen LogP contribution in [0, 0.1) is 5.92 Å². The van der Waals surface area contributed by atoms with E-state index in [1.165, 1.54) is 9.71 Å². The Bertz CT molecular complexity index is 524. The molecule has 0 bridgehead atoms. The van der Waals surface area contributed by atoms with E-state index in [1.807, 2.05) is 19.1 Å². The molecule has 0 saturated carbocycles. The van der Waals surface area contributed by atoms with Crippen LogP contribution < -0.4 is 10.5 Å². The maximum absolute atomic E-state index is 5.58. The van der Waals surface area contributed by atoms with Crippen molar-refractivity contribution in [3.8, 4) is 5.75 Å². The van der Waals surface area contributed by atoms with Crippen molar-refractivity contribution in [2.24, 2.45) is 11.7 Å². The van der Waals surface area contributed by atoms with Gasteiger partial charge in [-0.3, -0.25) is 0 Å². The molecular formula is C15H22N2OS. The van der Waals surface area contributed by atoms with E-state index < -0.39 is 0 Å². The lowest BCUT2D eigenvalue weighted by Gasteiger charge is -2.07. The second kappa shape index (κ2) is 6.87. The summed E-state index contributed by atoms with van der Waals surface area (Å²) in [6.45, 7) is 5.74. The highest BCUT2D eigenvalue weighted by atomic mass is 32.1. The number of benzene rings is 1. The summed E-state index contributed by atoms with van der Waals surface area (Å²) in [6, 6.07) is 6.12. The summed E-state index contributed by atoms with van der Waals surface area (Å²) in [4.78, 5) is 4.68. The molecule has 0 aliphatic carbocycles. The van der Waals surface area contributed by atoms with Crippen LogP contribution in [-0.4, -0.2) is 18.1 Å². The molecule has 0 radical (unpaired) electrons. The van der Waals surface area contributed by atoms with Gasteiger partial charge in [-0.15, -0.1) is 11.3 Å². The summed E-state index contributed by atoms with van der Waals surface area (Å²) >= 11 is 1.78. The van der Waals surface area contributed by atoms with Crippen LogP contribution in [-0.2, 0) is 6.42 Å². The predicted molar refractivity (Wildman–Crippen MR) is 81.9 cm³/mol. The topological polar surface area (TPSA) is 48.1 Å². The van der Waals surface area contributed by atoms with Crippen LogP contribution in [0.15, 0.2) is 18.2 Å². The largest absolute Gasteiger partial charge is 0.494 e. The van der Waals surface area contributed by atoms with Crippen LogP contribution in [0.5, 0.6) is 5.75 Å². The van der Waals surface area contributed by atoms with Gasteiger partial charge < -0.3 is 10.5 Å². The van der Waals surface area contributed by atoms with Gasteiger partial charge in [-0.1, -0.05) is 6.92 Å². The van der Waals surface area contributed by atoms with E-state index in [-0.39, 0.29) is 0 Å². The van der Waals surface area contributed by atoms with Gasteiger partial charge in [-0.25, -0.2) is 4.98 Å². The molecule has 0 saturated heterocycles. The number of hydrogen-bond donors (Lipinski definition) is 1. The molecule has 2 rings (SSSR count). The van der Waals surface area contributed by atoms with Crippen molar-refractivity contribution in [1.29, 1.82) is 0 Å². The normalized spacial score (nSPS) is 12.8. The van der Waals surface area contributed by atoms with E-state index in [0.29, 0.717) is 12.5 Å². The van der Waals surface area contributed by atoms with Gasteiger partial charge in [0.15, 0.2) is 0 Å². The highest BCUT2D eigenvalue weighted by Gasteiger charge is 2.07. The van der Waals surface area contributed by atoms with Gasteiger partial charge in [0.1, 0.15) is 5.75 Å². The SMILES string of the molecule is CCOc1ccc2nc(CCC(C)CCN)sc2c1. The van der Waals surface area contributed by atoms with Gasteiger partial charge in [0.2, 0.25) is 0 Å². The van der Waals surface area contributed by atoms with E-state index >= 15 is 0 Å². The molecule has 2 aromatic rings. The molecule has 19 heavy (non-hydrogen) atoms. The molecule has 1 atom stereocenters. The first-order chi connectivity index (χ1) is 9.22. The fourth-order valence-electron chi connectivity index (χ4n) is 2.11. The first-order valence-electron chi connectivity index (χ1n) is 6.95. The van der Waals surface area contributed by atoms with Gasteiger partial charge in [-0.2, -0.15) is 0 Å². The number of nitrogens with two attached hydrogens (primary N) is 1. The van der Waals surface area contributed by atoms with E-state index in [0.717, 1.165) is 37.1 Å². The Morgan fingerprint density at radius 2 is 2.21 bits per heavy atom. The molecule has 0 amide bonds. The lowest BCUT2D eigenvalue weighted by atomic mass is 10.0. The maximum Gasteiger partial charge on any atom is 0.120 e. The average molecular weight is 278 g/mol. The smallest absolute Gasteiger partial charge is 0.120 e. The van der Waals surface area contributed by atoms with Crippen molar-refractivity contribution in [2.75, 3.05) is 13.2 Å². The number of ether oxygens (including phenoxy) is 1. The quantitative estimate of drug-likeness (QED) is 0.841. The highest BCUT2D eigenvalue weighted by Crippen LogP contribution is 2.27. The number of hydrogen-bond acceptors (Lipinski definition) is 4. The van der Waals surface area contributed by atoms with Crippen molar-refractivity contribution < 1.29 is 4.74 Å². The van der Waals surface area contributed by atoms with Crippen LogP contribution >= 0.6 is 11.3 Å². The summed E-state index contributed by atoms with van der Waals surface area (Å²) in [7, 11) is 0. The van der Waals surface area contributed by atoms with Crippen LogP contribution in [0.4, 0.5) is 0 Å². The fraction of sp³-hybridized carbons (Fsp3) is 0.533. The third kappa shape index (κ3) is 3.91. The van der Waals surface area contributed by atoms with Gasteiger partial charge in [0, 0.05) is 0 Å². The Kier molecular flexibility index (Phi) is 5.16. The van der Waals surface area contributed by atoms with Gasteiger partial charge >= 0.3 is 0 Å². The molecule has 1 aromatic carbocycles. The van der Waals surface area contributed by atoms with Gasteiger partial charge in [-0.05, 0) is 56.8 Å². The summed E-state index contributed by atoms with van der Waals surface area (Å²) in [5, 5.41) is 1.22. The molecule has 2 N–H and O–H groups in total. The number of thiazole rings is 1. The fourth-order valence-corrected chi connectivity index (χ4v) is 3.13. The number of nitrogens with zero attached hydrogens (tertiary/aromatic N) is 1. The van der Waals surface area contributed by atoms with E-state index in [4.69, 9.17) is 10.5 Å². The highest BCUT2D eigenvalue weighted by molar-refractivity contribution is 7.18. The predicted octanol–water partition coefficient (Wildman–Crippen LogP) is 3.61. The average Bonchev–Trinajstić information content (AvgIpc) is 2.79. The van der Waals surface area contributed by atoms with E-state index in [1.54, 1.807) is 11.3 Å². The molecule has 1 aromatic heterocycles. The summed E-state index contributed by atoms with van der Waals surface area (Å²) < 4.78 is 6.73. The first kappa shape index (κ1) is 14.3. The molecular weight excluding hydrogens is 256 g/mol. The number of fused-ring (bicyclic) bond motifs is 1. The van der Waals surface area contributed by atoms with Gasteiger partial charge in [0.05, 0.1) is 21.8 Å².